The van der Waals surface area contributed by atoms with E-state index in [-0.39, 0.29) is 5.56 Å². The summed E-state index contributed by atoms with van der Waals surface area (Å²) in [6, 6.07) is 12.7. The first-order valence-corrected chi connectivity index (χ1v) is 6.44. The molecule has 5 nitrogen and oxygen atoms in total. The number of para-hydroxylation sites is 2. The maximum atomic E-state index is 12.2. The summed E-state index contributed by atoms with van der Waals surface area (Å²) in [6.07, 6.45) is 0. The van der Waals surface area contributed by atoms with Crippen LogP contribution in [0.4, 0.5) is 0 Å². The van der Waals surface area contributed by atoms with Crippen molar-refractivity contribution >= 4 is 11.0 Å². The molecule has 1 N–H and O–H groups in total. The topological polar surface area (TPSA) is 64.2 Å². The second-order valence-corrected chi connectivity index (χ2v) is 4.50. The predicted molar refractivity (Wildman–Crippen MR) is 80.9 cm³/mol. The number of fused-ring (bicyclic) bond motifs is 1. The van der Waals surface area contributed by atoms with E-state index >= 15 is 0 Å². The lowest BCUT2D eigenvalue weighted by Gasteiger charge is -2.09. The van der Waals surface area contributed by atoms with Gasteiger partial charge in [-0.3, -0.25) is 4.79 Å². The molecule has 3 rings (SSSR count). The fourth-order valence-electron chi connectivity index (χ4n) is 2.21. The zero-order chi connectivity index (χ0) is 14.8. The van der Waals surface area contributed by atoms with E-state index in [0.717, 1.165) is 5.52 Å². The van der Waals surface area contributed by atoms with Gasteiger partial charge in [-0.2, -0.15) is 0 Å². The molecular formula is C16H14N2O3. The van der Waals surface area contributed by atoms with Crippen molar-refractivity contribution in [2.24, 2.45) is 0 Å². The Morgan fingerprint density at radius 3 is 2.52 bits per heavy atom. The first-order chi connectivity index (χ1) is 10.2. The van der Waals surface area contributed by atoms with Crippen molar-refractivity contribution in [3.05, 3.63) is 52.8 Å². The monoisotopic (exact) mass is 282 g/mol. The van der Waals surface area contributed by atoms with E-state index in [0.29, 0.717) is 28.3 Å². The van der Waals surface area contributed by atoms with Gasteiger partial charge in [0.2, 0.25) is 0 Å². The summed E-state index contributed by atoms with van der Waals surface area (Å²) < 4.78 is 10.5. The van der Waals surface area contributed by atoms with Crippen molar-refractivity contribution in [2.45, 2.75) is 0 Å². The fraction of sp³-hybridized carbons (Fsp3) is 0.125. The number of hydrogen-bond acceptors (Lipinski definition) is 4. The molecule has 2 aromatic carbocycles. The highest BCUT2D eigenvalue weighted by molar-refractivity contribution is 5.77. The summed E-state index contributed by atoms with van der Waals surface area (Å²) in [6.45, 7) is 0. The van der Waals surface area contributed by atoms with E-state index < -0.39 is 0 Å². The Balaban J connectivity index is 2.20. The average Bonchev–Trinajstić information content (AvgIpc) is 2.53. The molecule has 0 spiro atoms. The molecule has 0 saturated carbocycles. The molecule has 0 unspecified atom stereocenters. The number of aromatic amines is 1. The van der Waals surface area contributed by atoms with Crippen LogP contribution in [0.5, 0.6) is 11.5 Å². The van der Waals surface area contributed by atoms with Crippen molar-refractivity contribution in [1.82, 2.24) is 9.97 Å². The van der Waals surface area contributed by atoms with Gasteiger partial charge < -0.3 is 14.5 Å². The Morgan fingerprint density at radius 1 is 1.00 bits per heavy atom. The Hall–Kier alpha value is -2.82. The fourth-order valence-corrected chi connectivity index (χ4v) is 2.21. The van der Waals surface area contributed by atoms with E-state index in [9.17, 15) is 4.79 Å². The summed E-state index contributed by atoms with van der Waals surface area (Å²) in [5.41, 5.74) is 2.25. The van der Waals surface area contributed by atoms with Gasteiger partial charge in [0, 0.05) is 5.56 Å². The van der Waals surface area contributed by atoms with E-state index in [1.54, 1.807) is 32.4 Å². The lowest BCUT2D eigenvalue weighted by atomic mass is 10.1. The van der Waals surface area contributed by atoms with Gasteiger partial charge in [-0.1, -0.05) is 12.1 Å². The molecule has 0 fully saturated rings. The number of H-pyrrole nitrogens is 1. The highest BCUT2D eigenvalue weighted by atomic mass is 16.5. The first-order valence-electron chi connectivity index (χ1n) is 6.44. The number of ether oxygens (including phenoxy) is 2. The Bertz CT molecular complexity index is 856. The zero-order valence-electron chi connectivity index (χ0n) is 11.7. The molecule has 0 radical (unpaired) electrons. The third-order valence-corrected chi connectivity index (χ3v) is 3.26. The molecule has 1 heterocycles. The lowest BCUT2D eigenvalue weighted by Crippen LogP contribution is -2.11. The lowest BCUT2D eigenvalue weighted by molar-refractivity contribution is 0.355. The van der Waals surface area contributed by atoms with Crippen molar-refractivity contribution < 1.29 is 9.47 Å². The van der Waals surface area contributed by atoms with Crippen LogP contribution in [0.3, 0.4) is 0 Å². The van der Waals surface area contributed by atoms with E-state index in [2.05, 4.69) is 9.97 Å². The Kier molecular flexibility index (Phi) is 3.31. The minimum Gasteiger partial charge on any atom is -0.493 e. The predicted octanol–water partition coefficient (Wildman–Crippen LogP) is 2.61. The number of methoxy groups -OCH3 is 2. The van der Waals surface area contributed by atoms with Gasteiger partial charge in [0.15, 0.2) is 11.5 Å². The van der Waals surface area contributed by atoms with Gasteiger partial charge >= 0.3 is 0 Å². The molecule has 21 heavy (non-hydrogen) atoms. The van der Waals surface area contributed by atoms with Crippen molar-refractivity contribution in [1.29, 1.82) is 0 Å². The van der Waals surface area contributed by atoms with Crippen molar-refractivity contribution in [3.63, 3.8) is 0 Å². The summed E-state index contributed by atoms with van der Waals surface area (Å²) in [5.74, 6) is 1.17. The molecule has 106 valence electrons. The molecule has 0 aliphatic rings. The summed E-state index contributed by atoms with van der Waals surface area (Å²) in [5, 5.41) is 0. The maximum Gasteiger partial charge on any atom is 0.274 e. The van der Waals surface area contributed by atoms with Crippen LogP contribution < -0.4 is 15.0 Å². The van der Waals surface area contributed by atoms with Gasteiger partial charge in [-0.25, -0.2) is 4.98 Å². The smallest absolute Gasteiger partial charge is 0.274 e. The third kappa shape index (κ3) is 2.33. The average molecular weight is 282 g/mol. The van der Waals surface area contributed by atoms with Crippen LogP contribution in [0.1, 0.15) is 0 Å². The summed E-state index contributed by atoms with van der Waals surface area (Å²) in [7, 11) is 3.12. The molecule has 0 atom stereocenters. The minimum absolute atomic E-state index is 0.235. The number of aromatic nitrogens is 2. The normalized spacial score (nSPS) is 10.6. The maximum absolute atomic E-state index is 12.2. The summed E-state index contributed by atoms with van der Waals surface area (Å²) >= 11 is 0. The SMILES string of the molecule is COc1ccc(-c2nc3ccccc3[nH]c2=O)cc1OC. The molecule has 0 aliphatic heterocycles. The molecule has 0 bridgehead atoms. The quantitative estimate of drug-likeness (QED) is 0.802. The van der Waals surface area contributed by atoms with Crippen LogP contribution in [-0.4, -0.2) is 24.2 Å². The number of nitrogens with zero attached hydrogens (tertiary/aromatic N) is 1. The van der Waals surface area contributed by atoms with Crippen LogP contribution in [0.2, 0.25) is 0 Å². The first kappa shape index (κ1) is 13.2. The Morgan fingerprint density at radius 2 is 1.76 bits per heavy atom. The van der Waals surface area contributed by atoms with E-state index in [1.165, 1.54) is 0 Å². The minimum atomic E-state index is -0.235. The highest BCUT2D eigenvalue weighted by Crippen LogP contribution is 2.30. The molecule has 3 aromatic rings. The number of nitrogens with one attached hydrogen (secondary N) is 1. The van der Waals surface area contributed by atoms with Gasteiger partial charge in [0.05, 0.1) is 25.3 Å². The number of hydrogen-bond donors (Lipinski definition) is 1. The van der Waals surface area contributed by atoms with Gasteiger partial charge in [0.25, 0.3) is 5.56 Å². The standard InChI is InChI=1S/C16H14N2O3/c1-20-13-8-7-10(9-14(13)21-2)15-16(19)18-12-6-4-3-5-11(12)17-15/h3-9H,1-2H3,(H,18,19). The molecule has 5 heteroatoms. The van der Waals surface area contributed by atoms with Crippen molar-refractivity contribution in [3.8, 4) is 22.8 Å². The number of rotatable bonds is 3. The molecule has 1 aromatic heterocycles. The Labute approximate surface area is 121 Å². The molecule has 0 aliphatic carbocycles. The van der Waals surface area contributed by atoms with Crippen LogP contribution in [-0.2, 0) is 0 Å². The van der Waals surface area contributed by atoms with Crippen LogP contribution in [0.15, 0.2) is 47.3 Å². The van der Waals surface area contributed by atoms with Crippen molar-refractivity contribution in [2.75, 3.05) is 14.2 Å². The second-order valence-electron chi connectivity index (χ2n) is 4.50. The summed E-state index contributed by atoms with van der Waals surface area (Å²) in [4.78, 5) is 19.5. The van der Waals surface area contributed by atoms with Crippen LogP contribution >= 0.6 is 0 Å². The number of benzene rings is 2. The largest absolute Gasteiger partial charge is 0.493 e. The van der Waals surface area contributed by atoms with Gasteiger partial charge in [-0.15, -0.1) is 0 Å². The van der Waals surface area contributed by atoms with Gasteiger partial charge in [0.1, 0.15) is 5.69 Å². The van der Waals surface area contributed by atoms with Crippen LogP contribution in [0, 0.1) is 0 Å². The molecule has 0 saturated heterocycles. The second kappa shape index (κ2) is 5.28. The third-order valence-electron chi connectivity index (χ3n) is 3.26. The molecular weight excluding hydrogens is 268 g/mol. The van der Waals surface area contributed by atoms with Gasteiger partial charge in [-0.05, 0) is 30.3 Å². The zero-order valence-corrected chi connectivity index (χ0v) is 11.7. The van der Waals surface area contributed by atoms with E-state index in [4.69, 9.17) is 9.47 Å². The highest BCUT2D eigenvalue weighted by Gasteiger charge is 2.11. The van der Waals surface area contributed by atoms with Crippen LogP contribution in [0.25, 0.3) is 22.3 Å². The van der Waals surface area contributed by atoms with E-state index in [1.807, 2.05) is 24.3 Å². The molecule has 0 amide bonds.